The van der Waals surface area contributed by atoms with Crippen LogP contribution in [0.4, 0.5) is 15.8 Å². The highest BCUT2D eigenvalue weighted by molar-refractivity contribution is 7.81. The van der Waals surface area contributed by atoms with Gasteiger partial charge in [-0.15, -0.1) is 0 Å². The number of rotatable bonds is 6. The molecule has 34 heavy (non-hydrogen) atoms. The van der Waals surface area contributed by atoms with Gasteiger partial charge in [-0.05, 0) is 85.9 Å². The minimum Gasteiger partial charge on any atom is -0.492 e. The predicted octanol–water partition coefficient (Wildman–Crippen LogP) is 4.32. The van der Waals surface area contributed by atoms with Crippen molar-refractivity contribution >= 4 is 28.6 Å². The molecule has 7 nitrogen and oxygen atoms in total. The summed E-state index contributed by atoms with van der Waals surface area (Å²) in [6.07, 6.45) is 4.93. The van der Waals surface area contributed by atoms with Crippen molar-refractivity contribution in [2.75, 3.05) is 24.0 Å². The van der Waals surface area contributed by atoms with Crippen LogP contribution < -0.4 is 9.04 Å². The number of nitrogens with zero attached hydrogens (tertiary/aromatic N) is 2. The Balaban J connectivity index is 1.41. The number of benzene rings is 2. The Bertz CT molecular complexity index is 1180. The maximum absolute atomic E-state index is 14.3. The smallest absolute Gasteiger partial charge is 0.341 e. The van der Waals surface area contributed by atoms with Crippen LogP contribution in [0.25, 0.3) is 0 Å². The molecule has 1 aliphatic carbocycles. The third-order valence-corrected chi connectivity index (χ3v) is 8.59. The number of aromatic carboxylic acids is 1. The Morgan fingerprint density at radius 2 is 2.06 bits per heavy atom. The number of hydrogen-bond acceptors (Lipinski definition) is 4. The van der Waals surface area contributed by atoms with E-state index < -0.39 is 23.1 Å². The van der Waals surface area contributed by atoms with Gasteiger partial charge in [0.15, 0.2) is 0 Å². The minimum atomic E-state index is -2.57. The first-order valence-electron chi connectivity index (χ1n) is 11.9. The number of halogens is 1. The van der Waals surface area contributed by atoms with Crippen LogP contribution in [0.3, 0.4) is 0 Å². The quantitative estimate of drug-likeness (QED) is 0.591. The molecule has 0 bridgehead atoms. The summed E-state index contributed by atoms with van der Waals surface area (Å²) in [6, 6.07) is 8.07. The zero-order valence-corrected chi connectivity index (χ0v) is 19.5. The van der Waals surface area contributed by atoms with E-state index in [9.17, 15) is 23.1 Å². The average Bonchev–Trinajstić information content (AvgIpc) is 3.31. The van der Waals surface area contributed by atoms with E-state index in [0.29, 0.717) is 42.2 Å². The van der Waals surface area contributed by atoms with Gasteiger partial charge in [-0.3, -0.25) is 4.55 Å². The van der Waals surface area contributed by atoms with Gasteiger partial charge in [0.25, 0.3) is 11.3 Å². The molecule has 2 saturated heterocycles. The molecule has 3 aliphatic heterocycles. The van der Waals surface area contributed by atoms with Crippen molar-refractivity contribution in [1.82, 2.24) is 4.90 Å². The topological polar surface area (TPSA) is 90.3 Å². The summed E-state index contributed by atoms with van der Waals surface area (Å²) in [4.78, 5) is 14.8. The van der Waals surface area contributed by atoms with Gasteiger partial charge in [0, 0.05) is 18.5 Å². The molecule has 1 saturated carbocycles. The van der Waals surface area contributed by atoms with Crippen LogP contribution >= 0.6 is 0 Å². The molecule has 0 aromatic heterocycles. The summed E-state index contributed by atoms with van der Waals surface area (Å²) >= 11 is -2.57. The second-order valence-corrected chi connectivity index (χ2v) is 10.8. The lowest BCUT2D eigenvalue weighted by Gasteiger charge is -2.28. The molecule has 2 aromatic carbocycles. The molecule has 2 N–H and O–H groups in total. The normalized spacial score (nSPS) is 27.9. The van der Waals surface area contributed by atoms with Crippen molar-refractivity contribution in [1.29, 1.82) is 0 Å². The van der Waals surface area contributed by atoms with Crippen molar-refractivity contribution in [3.63, 3.8) is 0 Å². The molecule has 0 radical (unpaired) electrons. The maximum Gasteiger partial charge on any atom is 0.341 e. The van der Waals surface area contributed by atoms with Crippen LogP contribution in [0, 0.1) is 17.7 Å². The van der Waals surface area contributed by atoms with Crippen molar-refractivity contribution in [3.05, 3.63) is 52.8 Å². The number of ether oxygens (including phenoxy) is 1. The number of carboxylic acids is 1. The summed E-state index contributed by atoms with van der Waals surface area (Å²) in [5.41, 5.74) is 1.74. The molecule has 6 rings (SSSR count). The predicted molar refractivity (Wildman–Crippen MR) is 125 cm³/mol. The van der Waals surface area contributed by atoms with Gasteiger partial charge in [0.1, 0.15) is 17.1 Å². The summed E-state index contributed by atoms with van der Waals surface area (Å²) in [5, 5.41) is 10.1. The molecule has 3 unspecified atom stereocenters. The van der Waals surface area contributed by atoms with Crippen LogP contribution in [0.1, 0.15) is 53.1 Å². The van der Waals surface area contributed by atoms with E-state index in [4.69, 9.17) is 4.74 Å². The zero-order valence-electron chi connectivity index (χ0n) is 18.7. The zero-order chi connectivity index (χ0) is 23.6. The van der Waals surface area contributed by atoms with E-state index in [1.807, 2.05) is 0 Å². The molecule has 9 heteroatoms. The maximum atomic E-state index is 14.3. The van der Waals surface area contributed by atoms with Crippen LogP contribution in [-0.4, -0.2) is 50.5 Å². The monoisotopic (exact) mass is 486 g/mol. The van der Waals surface area contributed by atoms with Crippen LogP contribution in [0.5, 0.6) is 5.75 Å². The second-order valence-electron chi connectivity index (χ2n) is 9.99. The third-order valence-electron chi connectivity index (χ3n) is 7.88. The van der Waals surface area contributed by atoms with Gasteiger partial charge in [-0.1, -0.05) is 6.07 Å². The van der Waals surface area contributed by atoms with Crippen molar-refractivity contribution in [2.24, 2.45) is 11.8 Å². The Labute approximate surface area is 199 Å². The molecule has 0 spiro atoms. The fraction of sp³-hybridized carbons (Fsp3) is 0.480. The Hall–Kier alpha value is -2.49. The summed E-state index contributed by atoms with van der Waals surface area (Å²) in [5.74, 6) is -0.360. The highest BCUT2D eigenvalue weighted by Gasteiger charge is 2.46. The van der Waals surface area contributed by atoms with E-state index in [0.717, 1.165) is 35.8 Å². The third kappa shape index (κ3) is 3.70. The molecule has 5 atom stereocenters. The fourth-order valence-electron chi connectivity index (χ4n) is 6.28. The minimum absolute atomic E-state index is 0.0751. The van der Waals surface area contributed by atoms with Crippen molar-refractivity contribution < 1.29 is 27.8 Å². The first-order chi connectivity index (χ1) is 16.4. The van der Waals surface area contributed by atoms with Gasteiger partial charge in [0.2, 0.25) is 0 Å². The fourth-order valence-corrected chi connectivity index (χ4v) is 6.95. The number of anilines is 2. The molecule has 4 aliphatic rings. The molecular weight excluding hydrogens is 459 g/mol. The molecule has 3 fully saturated rings. The van der Waals surface area contributed by atoms with Gasteiger partial charge in [0.05, 0.1) is 18.0 Å². The largest absolute Gasteiger partial charge is 0.492 e. The lowest BCUT2D eigenvalue weighted by molar-refractivity contribution is 0.0692. The van der Waals surface area contributed by atoms with Gasteiger partial charge >= 0.3 is 5.97 Å². The van der Waals surface area contributed by atoms with Gasteiger partial charge < -0.3 is 14.7 Å². The highest BCUT2D eigenvalue weighted by Crippen LogP contribution is 2.56. The van der Waals surface area contributed by atoms with E-state index in [-0.39, 0.29) is 22.9 Å². The van der Waals surface area contributed by atoms with Gasteiger partial charge in [-0.2, -0.15) is 0 Å². The standard InChI is InChI=1S/C25H27FN2O5S/c26-17-3-5-21(15(10-17)8-14-9-18-2-1-7-27(18)12-14)28(34(31)32)22-6-4-19-20-11-16(20)13-33-24(19)23(22)25(29)30/h3-6,10,14,16,18,20H,1-2,7-9,11-13H2,(H,29,30)(H,31,32)/t14?,16-,18?,20-/m0/s1. The molecule has 180 valence electrons. The average molecular weight is 487 g/mol. The molecular formula is C25H27FN2O5S. The summed E-state index contributed by atoms with van der Waals surface area (Å²) in [6.45, 7) is 2.46. The first kappa shape index (κ1) is 22.0. The van der Waals surface area contributed by atoms with E-state index in [1.165, 1.54) is 31.0 Å². The van der Waals surface area contributed by atoms with E-state index in [1.54, 1.807) is 12.1 Å². The summed E-state index contributed by atoms with van der Waals surface area (Å²) < 4.78 is 44.2. The Morgan fingerprint density at radius 1 is 1.24 bits per heavy atom. The highest BCUT2D eigenvalue weighted by atomic mass is 32.2. The molecule has 2 aromatic rings. The number of hydrogen-bond donors (Lipinski definition) is 2. The van der Waals surface area contributed by atoms with E-state index in [2.05, 4.69) is 4.90 Å². The molecule has 3 heterocycles. The number of carboxylic acid groups (broad SMARTS) is 1. The van der Waals surface area contributed by atoms with Crippen molar-refractivity contribution in [2.45, 2.75) is 44.1 Å². The lowest BCUT2D eigenvalue weighted by Crippen LogP contribution is -2.25. The van der Waals surface area contributed by atoms with Crippen LogP contribution in [0.15, 0.2) is 30.3 Å². The van der Waals surface area contributed by atoms with Crippen LogP contribution in [-0.2, 0) is 17.7 Å². The van der Waals surface area contributed by atoms with Crippen molar-refractivity contribution in [3.8, 4) is 5.75 Å². The number of fused-ring (bicyclic) bond motifs is 4. The Morgan fingerprint density at radius 3 is 2.82 bits per heavy atom. The van der Waals surface area contributed by atoms with Gasteiger partial charge in [-0.25, -0.2) is 17.7 Å². The van der Waals surface area contributed by atoms with E-state index >= 15 is 0 Å². The Kier molecular flexibility index (Phi) is 5.38. The lowest BCUT2D eigenvalue weighted by atomic mass is 9.94. The molecule has 0 amide bonds. The second kappa shape index (κ2) is 8.32. The summed E-state index contributed by atoms with van der Waals surface area (Å²) in [7, 11) is 0. The number of carbonyl (C=O) groups is 1. The van der Waals surface area contributed by atoms with Crippen LogP contribution in [0.2, 0.25) is 0 Å². The first-order valence-corrected chi connectivity index (χ1v) is 12.9. The SMILES string of the molecule is O=C(O)c1c(N(c2ccc(F)cc2CC2CC3CCCN3C2)S(=O)O)ccc2c1OC[C@@H]1C[C@H]21.